The summed E-state index contributed by atoms with van der Waals surface area (Å²) in [5.41, 5.74) is 2.78. The highest BCUT2D eigenvalue weighted by Crippen LogP contribution is 2.35. The standard InChI is InChI=1S/C13H19NO/c1-4-11-9(2)13-10(8-14-11)6-5-7-12(13)15-3/h5-7,9,11,14H,4,8H2,1-3H3. The lowest BCUT2D eigenvalue weighted by molar-refractivity contribution is 0.370. The van der Waals surface area contributed by atoms with Crippen molar-refractivity contribution in [1.29, 1.82) is 0 Å². The Bertz CT molecular complexity index is 334. The van der Waals surface area contributed by atoms with Crippen molar-refractivity contribution in [3.63, 3.8) is 0 Å². The van der Waals surface area contributed by atoms with E-state index in [0.29, 0.717) is 12.0 Å². The van der Waals surface area contributed by atoms with Crippen molar-refractivity contribution < 1.29 is 4.74 Å². The van der Waals surface area contributed by atoms with Crippen molar-refractivity contribution >= 4 is 0 Å². The molecule has 0 spiro atoms. The van der Waals surface area contributed by atoms with E-state index in [2.05, 4.69) is 37.4 Å². The molecule has 15 heavy (non-hydrogen) atoms. The summed E-state index contributed by atoms with van der Waals surface area (Å²) in [6.07, 6.45) is 1.17. The SMILES string of the molecule is CCC1NCc2cccc(OC)c2C1C. The van der Waals surface area contributed by atoms with Gasteiger partial charge in [0.1, 0.15) is 5.75 Å². The van der Waals surface area contributed by atoms with E-state index in [0.717, 1.165) is 12.3 Å². The summed E-state index contributed by atoms with van der Waals surface area (Å²) < 4.78 is 5.45. The molecule has 1 N–H and O–H groups in total. The van der Waals surface area contributed by atoms with Gasteiger partial charge in [-0.05, 0) is 18.1 Å². The number of rotatable bonds is 2. The Morgan fingerprint density at radius 2 is 2.27 bits per heavy atom. The third kappa shape index (κ3) is 1.74. The quantitative estimate of drug-likeness (QED) is 0.801. The first kappa shape index (κ1) is 10.5. The van der Waals surface area contributed by atoms with Crippen molar-refractivity contribution in [1.82, 2.24) is 5.32 Å². The predicted molar refractivity (Wildman–Crippen MR) is 62.3 cm³/mol. The van der Waals surface area contributed by atoms with Crippen LogP contribution in [0, 0.1) is 0 Å². The topological polar surface area (TPSA) is 21.3 Å². The van der Waals surface area contributed by atoms with Gasteiger partial charge in [-0.15, -0.1) is 0 Å². The molecule has 2 unspecified atom stereocenters. The Labute approximate surface area is 91.6 Å². The molecule has 1 aromatic rings. The molecule has 1 heterocycles. The van der Waals surface area contributed by atoms with Crippen LogP contribution in [-0.2, 0) is 6.54 Å². The third-order valence-corrected chi connectivity index (χ3v) is 3.43. The lowest BCUT2D eigenvalue weighted by Gasteiger charge is -2.32. The van der Waals surface area contributed by atoms with Crippen LogP contribution >= 0.6 is 0 Å². The minimum Gasteiger partial charge on any atom is -0.496 e. The average Bonchev–Trinajstić information content (AvgIpc) is 2.29. The normalized spacial score (nSPS) is 24.7. The van der Waals surface area contributed by atoms with E-state index in [9.17, 15) is 0 Å². The van der Waals surface area contributed by atoms with Gasteiger partial charge in [-0.25, -0.2) is 0 Å². The number of hydrogen-bond acceptors (Lipinski definition) is 2. The lowest BCUT2D eigenvalue weighted by atomic mass is 9.84. The fourth-order valence-electron chi connectivity index (χ4n) is 2.56. The summed E-state index contributed by atoms with van der Waals surface area (Å²) in [4.78, 5) is 0. The maximum Gasteiger partial charge on any atom is 0.122 e. The van der Waals surface area contributed by atoms with Crippen LogP contribution in [-0.4, -0.2) is 13.2 Å². The molecule has 1 aromatic carbocycles. The second-order valence-corrected chi connectivity index (χ2v) is 4.22. The van der Waals surface area contributed by atoms with E-state index in [4.69, 9.17) is 4.74 Å². The summed E-state index contributed by atoms with van der Waals surface area (Å²) in [5.74, 6) is 1.58. The van der Waals surface area contributed by atoms with Gasteiger partial charge in [-0.3, -0.25) is 0 Å². The first-order chi connectivity index (χ1) is 7.27. The molecule has 2 rings (SSSR count). The molecule has 82 valence electrons. The molecular formula is C13H19NO. The van der Waals surface area contributed by atoms with Crippen LogP contribution in [0.1, 0.15) is 37.3 Å². The predicted octanol–water partition coefficient (Wildman–Crippen LogP) is 2.68. The summed E-state index contributed by atoms with van der Waals surface area (Å²) in [6, 6.07) is 6.90. The van der Waals surface area contributed by atoms with Gasteiger partial charge in [0.05, 0.1) is 7.11 Å². The Morgan fingerprint density at radius 1 is 1.47 bits per heavy atom. The maximum absolute atomic E-state index is 5.45. The number of hydrogen-bond donors (Lipinski definition) is 1. The van der Waals surface area contributed by atoms with E-state index in [-0.39, 0.29) is 0 Å². The van der Waals surface area contributed by atoms with E-state index >= 15 is 0 Å². The van der Waals surface area contributed by atoms with Crippen molar-refractivity contribution in [2.45, 2.75) is 38.8 Å². The smallest absolute Gasteiger partial charge is 0.122 e. The molecule has 0 radical (unpaired) electrons. The van der Waals surface area contributed by atoms with Crippen LogP contribution < -0.4 is 10.1 Å². The minimum atomic E-state index is 0.537. The van der Waals surface area contributed by atoms with Crippen LogP contribution in [0.3, 0.4) is 0 Å². The zero-order valence-electron chi connectivity index (χ0n) is 9.71. The fourth-order valence-corrected chi connectivity index (χ4v) is 2.56. The number of nitrogens with one attached hydrogen (secondary N) is 1. The van der Waals surface area contributed by atoms with Crippen LogP contribution in [0.4, 0.5) is 0 Å². The molecule has 2 heteroatoms. The Hall–Kier alpha value is -1.02. The number of ether oxygens (including phenoxy) is 1. The zero-order chi connectivity index (χ0) is 10.8. The third-order valence-electron chi connectivity index (χ3n) is 3.43. The highest BCUT2D eigenvalue weighted by Gasteiger charge is 2.26. The van der Waals surface area contributed by atoms with Gasteiger partial charge in [-0.2, -0.15) is 0 Å². The highest BCUT2D eigenvalue weighted by molar-refractivity contribution is 5.44. The Kier molecular flexibility index (Phi) is 2.96. The fraction of sp³-hybridized carbons (Fsp3) is 0.538. The van der Waals surface area contributed by atoms with Crippen molar-refractivity contribution in [2.75, 3.05) is 7.11 Å². The summed E-state index contributed by atoms with van der Waals surface area (Å²) >= 11 is 0. The molecule has 0 aromatic heterocycles. The van der Waals surface area contributed by atoms with Gasteiger partial charge in [0.15, 0.2) is 0 Å². The van der Waals surface area contributed by atoms with E-state index in [1.165, 1.54) is 17.5 Å². The van der Waals surface area contributed by atoms with Crippen LogP contribution in [0.2, 0.25) is 0 Å². The summed E-state index contributed by atoms with van der Waals surface area (Å²) in [5, 5.41) is 3.57. The number of fused-ring (bicyclic) bond motifs is 1. The molecule has 0 bridgehead atoms. The van der Waals surface area contributed by atoms with Crippen molar-refractivity contribution in [3.8, 4) is 5.75 Å². The van der Waals surface area contributed by atoms with Gasteiger partial charge >= 0.3 is 0 Å². The Balaban J connectivity index is 2.43. The second-order valence-electron chi connectivity index (χ2n) is 4.22. The molecule has 0 aliphatic carbocycles. The van der Waals surface area contributed by atoms with Gasteiger partial charge in [0.25, 0.3) is 0 Å². The van der Waals surface area contributed by atoms with Crippen molar-refractivity contribution in [2.24, 2.45) is 0 Å². The van der Waals surface area contributed by atoms with E-state index in [1.54, 1.807) is 7.11 Å². The molecule has 0 saturated heterocycles. The molecule has 0 saturated carbocycles. The first-order valence-corrected chi connectivity index (χ1v) is 5.67. The van der Waals surface area contributed by atoms with Gasteiger partial charge in [-0.1, -0.05) is 26.0 Å². The van der Waals surface area contributed by atoms with E-state index in [1.807, 2.05) is 0 Å². The summed E-state index contributed by atoms with van der Waals surface area (Å²) in [7, 11) is 1.76. The zero-order valence-corrected chi connectivity index (χ0v) is 9.71. The minimum absolute atomic E-state index is 0.537. The Morgan fingerprint density at radius 3 is 2.93 bits per heavy atom. The number of benzene rings is 1. The molecule has 2 atom stereocenters. The lowest BCUT2D eigenvalue weighted by Crippen LogP contribution is -2.37. The largest absolute Gasteiger partial charge is 0.496 e. The van der Waals surface area contributed by atoms with Crippen LogP contribution in [0.25, 0.3) is 0 Å². The van der Waals surface area contributed by atoms with Gasteiger partial charge in [0.2, 0.25) is 0 Å². The molecule has 1 aliphatic heterocycles. The average molecular weight is 205 g/mol. The molecule has 0 fully saturated rings. The highest BCUT2D eigenvalue weighted by atomic mass is 16.5. The molecule has 1 aliphatic rings. The molecular weight excluding hydrogens is 186 g/mol. The van der Waals surface area contributed by atoms with Gasteiger partial charge < -0.3 is 10.1 Å². The van der Waals surface area contributed by atoms with Crippen molar-refractivity contribution in [3.05, 3.63) is 29.3 Å². The van der Waals surface area contributed by atoms with Crippen LogP contribution in [0.5, 0.6) is 5.75 Å². The van der Waals surface area contributed by atoms with E-state index < -0.39 is 0 Å². The second kappa shape index (κ2) is 4.23. The maximum atomic E-state index is 5.45. The van der Waals surface area contributed by atoms with Gasteiger partial charge in [0, 0.05) is 24.1 Å². The number of methoxy groups -OCH3 is 1. The summed E-state index contributed by atoms with van der Waals surface area (Å²) in [6.45, 7) is 5.48. The monoisotopic (exact) mass is 205 g/mol. The first-order valence-electron chi connectivity index (χ1n) is 5.67. The molecule has 2 nitrogen and oxygen atoms in total. The molecule has 0 amide bonds. The van der Waals surface area contributed by atoms with Crippen LogP contribution in [0.15, 0.2) is 18.2 Å².